The van der Waals surface area contributed by atoms with Crippen molar-refractivity contribution in [1.29, 1.82) is 0 Å². The molecule has 0 atom stereocenters. The van der Waals surface area contributed by atoms with E-state index in [0.29, 0.717) is 0 Å². The van der Waals surface area contributed by atoms with Crippen LogP contribution >= 0.6 is 34.8 Å². The first kappa shape index (κ1) is 14.0. The maximum absolute atomic E-state index is 11.1. The van der Waals surface area contributed by atoms with Crippen LogP contribution in [0.2, 0.25) is 0 Å². The van der Waals surface area contributed by atoms with Gasteiger partial charge < -0.3 is 4.74 Å². The van der Waals surface area contributed by atoms with E-state index in [0.717, 1.165) is 0 Å². The number of para-hydroxylation sites is 1. The number of carbonyl (C=O) groups excluding carboxylic acids is 1. The Morgan fingerprint density at radius 2 is 1.94 bits per heavy atom. The summed E-state index contributed by atoms with van der Waals surface area (Å²) in [6.45, 7) is -0.329. The molecule has 0 radical (unpaired) electrons. The van der Waals surface area contributed by atoms with Gasteiger partial charge in [0.15, 0.2) is 0 Å². The second kappa shape index (κ2) is 5.53. The molecule has 92 valence electrons. The number of hydrogen-bond acceptors (Lipinski definition) is 4. The standard InChI is InChI=1S/C9H6Cl3NO4/c10-9(11,12)8(14)17-5-6-3-1-2-4-7(6)13(15)16/h1-4H,5H2. The second-order valence-corrected chi connectivity index (χ2v) is 5.24. The fourth-order valence-corrected chi connectivity index (χ4v) is 1.20. The average Bonchev–Trinajstić information content (AvgIpc) is 2.24. The highest BCUT2D eigenvalue weighted by atomic mass is 35.6. The molecule has 0 saturated carbocycles. The average molecular weight is 299 g/mol. The molecule has 5 nitrogen and oxygen atoms in total. The number of benzene rings is 1. The summed E-state index contributed by atoms with van der Waals surface area (Å²) in [6, 6.07) is 5.81. The summed E-state index contributed by atoms with van der Waals surface area (Å²) in [5.74, 6) is -1.08. The SMILES string of the molecule is O=C(OCc1ccccc1[N+](=O)[O-])C(Cl)(Cl)Cl. The van der Waals surface area contributed by atoms with Gasteiger partial charge in [0.1, 0.15) is 6.61 Å². The van der Waals surface area contributed by atoms with E-state index in [1.54, 1.807) is 6.07 Å². The molecule has 0 fully saturated rings. The minimum atomic E-state index is -2.19. The molecule has 17 heavy (non-hydrogen) atoms. The molecule has 0 aliphatic heterocycles. The summed E-state index contributed by atoms with van der Waals surface area (Å²) < 4.78 is 2.45. The van der Waals surface area contributed by atoms with Crippen molar-refractivity contribution in [3.8, 4) is 0 Å². The normalized spacial score (nSPS) is 11.0. The van der Waals surface area contributed by atoms with Gasteiger partial charge in [0, 0.05) is 6.07 Å². The maximum atomic E-state index is 11.1. The number of hydrogen-bond donors (Lipinski definition) is 0. The smallest absolute Gasteiger partial charge is 0.358 e. The number of nitrogens with zero attached hydrogens (tertiary/aromatic N) is 1. The number of halogens is 3. The van der Waals surface area contributed by atoms with Crippen LogP contribution in [0.4, 0.5) is 5.69 Å². The molecular weight excluding hydrogens is 292 g/mol. The van der Waals surface area contributed by atoms with Crippen LogP contribution in [0.5, 0.6) is 0 Å². The van der Waals surface area contributed by atoms with Gasteiger partial charge in [-0.1, -0.05) is 46.9 Å². The number of nitro groups is 1. The van der Waals surface area contributed by atoms with Gasteiger partial charge in [-0.05, 0) is 6.07 Å². The quantitative estimate of drug-likeness (QED) is 0.372. The summed E-state index contributed by atoms with van der Waals surface area (Å²) in [6.07, 6.45) is 0. The Labute approximate surface area is 111 Å². The van der Waals surface area contributed by atoms with Crippen LogP contribution in [0.1, 0.15) is 5.56 Å². The molecule has 0 aliphatic rings. The van der Waals surface area contributed by atoms with Crippen LogP contribution in [-0.4, -0.2) is 14.7 Å². The van der Waals surface area contributed by atoms with Gasteiger partial charge in [-0.15, -0.1) is 0 Å². The van der Waals surface area contributed by atoms with E-state index >= 15 is 0 Å². The van der Waals surface area contributed by atoms with Crippen molar-refractivity contribution < 1.29 is 14.5 Å². The van der Waals surface area contributed by atoms with Crippen molar-refractivity contribution in [2.24, 2.45) is 0 Å². The third-order valence-electron chi connectivity index (χ3n) is 1.78. The monoisotopic (exact) mass is 297 g/mol. The van der Waals surface area contributed by atoms with E-state index in [2.05, 4.69) is 4.74 Å². The van der Waals surface area contributed by atoms with E-state index in [4.69, 9.17) is 34.8 Å². The zero-order valence-electron chi connectivity index (χ0n) is 8.23. The number of carbonyl (C=O) groups is 1. The summed E-state index contributed by atoms with van der Waals surface area (Å²) in [5.41, 5.74) is 0.0599. The molecule has 0 N–H and O–H groups in total. The number of nitro benzene ring substituents is 1. The molecule has 1 aromatic rings. The van der Waals surface area contributed by atoms with Crippen molar-refractivity contribution >= 4 is 46.5 Å². The zero-order chi connectivity index (χ0) is 13.1. The highest BCUT2D eigenvalue weighted by Crippen LogP contribution is 2.28. The van der Waals surface area contributed by atoms with Crippen molar-refractivity contribution in [3.63, 3.8) is 0 Å². The van der Waals surface area contributed by atoms with E-state index in [-0.39, 0.29) is 17.9 Å². The molecule has 0 amide bonds. The van der Waals surface area contributed by atoms with Crippen molar-refractivity contribution in [1.82, 2.24) is 0 Å². The van der Waals surface area contributed by atoms with E-state index in [9.17, 15) is 14.9 Å². The Morgan fingerprint density at radius 1 is 1.35 bits per heavy atom. The van der Waals surface area contributed by atoms with E-state index in [1.165, 1.54) is 18.2 Å². The molecule has 0 saturated heterocycles. The largest absolute Gasteiger partial charge is 0.457 e. The lowest BCUT2D eigenvalue weighted by molar-refractivity contribution is -0.385. The van der Waals surface area contributed by atoms with Gasteiger partial charge in [-0.2, -0.15) is 0 Å². The van der Waals surface area contributed by atoms with Crippen LogP contribution in [0.25, 0.3) is 0 Å². The number of ether oxygens (including phenoxy) is 1. The van der Waals surface area contributed by atoms with Crippen LogP contribution in [-0.2, 0) is 16.1 Å². The second-order valence-electron chi connectivity index (χ2n) is 2.96. The van der Waals surface area contributed by atoms with Crippen LogP contribution in [0.3, 0.4) is 0 Å². The third kappa shape index (κ3) is 4.03. The van der Waals surface area contributed by atoms with Gasteiger partial charge in [0.2, 0.25) is 0 Å². The first-order valence-corrected chi connectivity index (χ1v) is 5.42. The molecule has 0 aliphatic carbocycles. The van der Waals surface area contributed by atoms with Crippen molar-refractivity contribution in [2.75, 3.05) is 0 Å². The molecule has 0 bridgehead atoms. The summed E-state index contributed by atoms with van der Waals surface area (Å²) in [5, 5.41) is 10.7. The topological polar surface area (TPSA) is 69.4 Å². The number of rotatable bonds is 3. The van der Waals surface area contributed by atoms with Gasteiger partial charge in [-0.3, -0.25) is 10.1 Å². The Morgan fingerprint density at radius 3 is 2.47 bits per heavy atom. The Kier molecular flexibility index (Phi) is 4.56. The first-order valence-electron chi connectivity index (χ1n) is 4.28. The van der Waals surface area contributed by atoms with Crippen LogP contribution in [0, 0.1) is 10.1 Å². The molecule has 0 aromatic heterocycles. The van der Waals surface area contributed by atoms with E-state index < -0.39 is 14.7 Å². The third-order valence-corrected chi connectivity index (χ3v) is 2.24. The first-order chi connectivity index (χ1) is 7.82. The van der Waals surface area contributed by atoms with Crippen molar-refractivity contribution in [2.45, 2.75) is 10.4 Å². The van der Waals surface area contributed by atoms with Crippen LogP contribution < -0.4 is 0 Å². The molecule has 1 aromatic carbocycles. The molecule has 8 heteroatoms. The molecule has 1 rings (SSSR count). The number of alkyl halides is 3. The predicted octanol–water partition coefficient (Wildman–Crippen LogP) is 3.01. The lowest BCUT2D eigenvalue weighted by Crippen LogP contribution is -2.21. The summed E-state index contributed by atoms with van der Waals surface area (Å²) in [7, 11) is 0. The Balaban J connectivity index is 2.77. The molecule has 0 heterocycles. The number of esters is 1. The van der Waals surface area contributed by atoms with E-state index in [1.807, 2.05) is 0 Å². The molecular formula is C9H6Cl3NO4. The highest BCUT2D eigenvalue weighted by molar-refractivity contribution is 6.75. The van der Waals surface area contributed by atoms with Gasteiger partial charge in [0.05, 0.1) is 10.5 Å². The summed E-state index contributed by atoms with van der Waals surface area (Å²) in [4.78, 5) is 21.2. The van der Waals surface area contributed by atoms with Gasteiger partial charge in [0.25, 0.3) is 9.48 Å². The minimum Gasteiger partial charge on any atom is -0.457 e. The zero-order valence-corrected chi connectivity index (χ0v) is 10.5. The lowest BCUT2D eigenvalue weighted by atomic mass is 10.2. The lowest BCUT2D eigenvalue weighted by Gasteiger charge is -2.10. The fourth-order valence-electron chi connectivity index (χ4n) is 1.04. The van der Waals surface area contributed by atoms with Crippen LogP contribution in [0.15, 0.2) is 24.3 Å². The fraction of sp³-hybridized carbons (Fsp3) is 0.222. The molecule has 0 unspecified atom stereocenters. The predicted molar refractivity (Wildman–Crippen MR) is 63.2 cm³/mol. The molecule has 0 spiro atoms. The van der Waals surface area contributed by atoms with Crippen molar-refractivity contribution in [3.05, 3.63) is 39.9 Å². The van der Waals surface area contributed by atoms with Gasteiger partial charge >= 0.3 is 5.97 Å². The summed E-state index contributed by atoms with van der Waals surface area (Å²) >= 11 is 15.8. The highest BCUT2D eigenvalue weighted by Gasteiger charge is 2.33. The Bertz CT molecular complexity index is 444. The van der Waals surface area contributed by atoms with Gasteiger partial charge in [-0.25, -0.2) is 4.79 Å². The Hall–Kier alpha value is -1.04. The maximum Gasteiger partial charge on any atom is 0.358 e. The minimum absolute atomic E-state index is 0.162.